The van der Waals surface area contributed by atoms with Crippen molar-refractivity contribution < 1.29 is 22.9 Å². The standard InChI is InChI=1S/C35H34Cl2N4O6S/c36-27-19-18-26(32(37)21-27)23-39(33(20-25-10-3-1-4-11-25)35(43)38-28-12-7-8-13-28)34(42)24-40(29-14-9-15-30(22-29)41(44)45)48(46,47)31-16-5-2-6-17-31/h1-6,9-11,14-19,21-22,28,33H,7-8,12-13,20,23-24H2,(H,38,43)/t33-/m1/s1. The van der Waals surface area contributed by atoms with E-state index in [4.69, 9.17) is 23.2 Å². The fourth-order valence-electron chi connectivity index (χ4n) is 5.77. The zero-order chi connectivity index (χ0) is 34.3. The molecule has 0 heterocycles. The highest BCUT2D eigenvalue weighted by Gasteiger charge is 2.36. The van der Waals surface area contributed by atoms with Gasteiger partial charge in [-0.05, 0) is 54.3 Å². The minimum absolute atomic E-state index is 0.0494. The maximum absolute atomic E-state index is 14.6. The molecule has 0 unspecified atom stereocenters. The van der Waals surface area contributed by atoms with Crippen molar-refractivity contribution in [2.24, 2.45) is 0 Å². The molecule has 1 aliphatic carbocycles. The van der Waals surface area contributed by atoms with E-state index in [9.17, 15) is 28.1 Å². The van der Waals surface area contributed by atoms with E-state index in [0.717, 1.165) is 41.6 Å². The van der Waals surface area contributed by atoms with Gasteiger partial charge in [-0.25, -0.2) is 8.42 Å². The first-order valence-electron chi connectivity index (χ1n) is 15.4. The Balaban J connectivity index is 1.60. The molecule has 13 heteroatoms. The van der Waals surface area contributed by atoms with Crippen LogP contribution in [-0.4, -0.2) is 48.7 Å². The summed E-state index contributed by atoms with van der Waals surface area (Å²) in [5.74, 6) is -1.09. The van der Waals surface area contributed by atoms with Gasteiger partial charge in [0, 0.05) is 41.2 Å². The topological polar surface area (TPSA) is 130 Å². The van der Waals surface area contributed by atoms with E-state index in [1.807, 2.05) is 30.3 Å². The molecule has 0 aromatic heterocycles. The molecule has 0 spiro atoms. The van der Waals surface area contributed by atoms with Crippen LogP contribution in [0.25, 0.3) is 0 Å². The quantitative estimate of drug-likeness (QED) is 0.120. The minimum atomic E-state index is -4.42. The highest BCUT2D eigenvalue weighted by Crippen LogP contribution is 2.29. The number of amides is 2. The summed E-state index contributed by atoms with van der Waals surface area (Å²) in [6.07, 6.45) is 3.73. The van der Waals surface area contributed by atoms with E-state index in [1.54, 1.807) is 30.3 Å². The van der Waals surface area contributed by atoms with Crippen molar-refractivity contribution in [3.05, 3.63) is 134 Å². The van der Waals surface area contributed by atoms with Crippen LogP contribution < -0.4 is 9.62 Å². The highest BCUT2D eigenvalue weighted by molar-refractivity contribution is 7.92. The number of sulfonamides is 1. The smallest absolute Gasteiger partial charge is 0.271 e. The molecule has 1 saturated carbocycles. The first-order valence-corrected chi connectivity index (χ1v) is 17.6. The monoisotopic (exact) mass is 708 g/mol. The molecular weight excluding hydrogens is 675 g/mol. The molecule has 0 bridgehead atoms. The van der Waals surface area contributed by atoms with Crippen LogP contribution in [0.2, 0.25) is 10.0 Å². The predicted molar refractivity (Wildman–Crippen MR) is 185 cm³/mol. The van der Waals surface area contributed by atoms with E-state index < -0.39 is 33.4 Å². The Labute approximate surface area is 289 Å². The van der Waals surface area contributed by atoms with Gasteiger partial charge < -0.3 is 10.2 Å². The summed E-state index contributed by atoms with van der Waals surface area (Å²) in [5, 5.41) is 15.4. The second kappa shape index (κ2) is 15.6. The van der Waals surface area contributed by atoms with Gasteiger partial charge in [-0.15, -0.1) is 0 Å². The summed E-state index contributed by atoms with van der Waals surface area (Å²) in [7, 11) is -4.42. The maximum Gasteiger partial charge on any atom is 0.271 e. The van der Waals surface area contributed by atoms with E-state index in [2.05, 4.69) is 5.32 Å². The summed E-state index contributed by atoms with van der Waals surface area (Å²) in [6, 6.07) is 25.5. The van der Waals surface area contributed by atoms with Crippen molar-refractivity contribution in [1.29, 1.82) is 0 Å². The third kappa shape index (κ3) is 8.52. The van der Waals surface area contributed by atoms with Crippen LogP contribution in [0.1, 0.15) is 36.8 Å². The largest absolute Gasteiger partial charge is 0.352 e. The molecule has 250 valence electrons. The lowest BCUT2D eigenvalue weighted by atomic mass is 10.0. The molecule has 2 amide bonds. The molecule has 1 N–H and O–H groups in total. The molecule has 4 aromatic rings. The Morgan fingerprint density at radius 3 is 2.21 bits per heavy atom. The predicted octanol–water partition coefficient (Wildman–Crippen LogP) is 6.80. The van der Waals surface area contributed by atoms with Crippen molar-refractivity contribution in [3.8, 4) is 0 Å². The molecule has 0 radical (unpaired) electrons. The lowest BCUT2D eigenvalue weighted by Gasteiger charge is -2.34. The second-order valence-corrected chi connectivity index (χ2v) is 14.3. The molecule has 0 saturated heterocycles. The Morgan fingerprint density at radius 2 is 1.56 bits per heavy atom. The number of halogens is 2. The zero-order valence-electron chi connectivity index (χ0n) is 25.9. The van der Waals surface area contributed by atoms with Gasteiger partial charge in [0.05, 0.1) is 15.5 Å². The molecular formula is C35H34Cl2N4O6S. The molecule has 1 aliphatic rings. The van der Waals surface area contributed by atoms with Gasteiger partial charge >= 0.3 is 0 Å². The normalized spacial score (nSPS) is 13.9. The summed E-state index contributed by atoms with van der Waals surface area (Å²) >= 11 is 12.7. The summed E-state index contributed by atoms with van der Waals surface area (Å²) in [5.41, 5.74) is 0.849. The summed E-state index contributed by atoms with van der Waals surface area (Å²) in [4.78, 5) is 41.0. The van der Waals surface area contributed by atoms with Crippen molar-refractivity contribution in [1.82, 2.24) is 10.2 Å². The second-order valence-electron chi connectivity index (χ2n) is 11.6. The van der Waals surface area contributed by atoms with Gasteiger partial charge in [-0.3, -0.25) is 24.0 Å². The number of nitrogens with zero attached hydrogens (tertiary/aromatic N) is 3. The number of nitro benzene ring substituents is 1. The van der Waals surface area contributed by atoms with Crippen LogP contribution in [0.15, 0.2) is 108 Å². The molecule has 48 heavy (non-hydrogen) atoms. The average Bonchev–Trinajstić information content (AvgIpc) is 3.60. The number of non-ortho nitro benzene ring substituents is 1. The van der Waals surface area contributed by atoms with Crippen LogP contribution in [-0.2, 0) is 32.6 Å². The number of hydrogen-bond donors (Lipinski definition) is 1. The SMILES string of the molecule is O=C(NC1CCCC1)[C@@H](Cc1ccccc1)N(Cc1ccc(Cl)cc1Cl)C(=O)CN(c1cccc([N+](=O)[O-])c1)S(=O)(=O)c1ccccc1. The third-order valence-electron chi connectivity index (χ3n) is 8.27. The van der Waals surface area contributed by atoms with Crippen molar-refractivity contribution >= 4 is 56.4 Å². The lowest BCUT2D eigenvalue weighted by Crippen LogP contribution is -2.54. The van der Waals surface area contributed by atoms with Gasteiger partial charge in [-0.2, -0.15) is 0 Å². The molecule has 0 aliphatic heterocycles. The number of anilines is 1. The number of hydrogen-bond acceptors (Lipinski definition) is 6. The van der Waals surface area contributed by atoms with Crippen molar-refractivity contribution in [2.75, 3.05) is 10.8 Å². The first kappa shape index (κ1) is 34.9. The van der Waals surface area contributed by atoms with Crippen LogP contribution in [0.3, 0.4) is 0 Å². The van der Waals surface area contributed by atoms with Gasteiger partial charge in [0.25, 0.3) is 15.7 Å². The third-order valence-corrected chi connectivity index (χ3v) is 10.6. The molecule has 10 nitrogen and oxygen atoms in total. The molecule has 5 rings (SSSR count). The maximum atomic E-state index is 14.6. The van der Waals surface area contributed by atoms with Gasteiger partial charge in [0.15, 0.2) is 0 Å². The van der Waals surface area contributed by atoms with Crippen molar-refractivity contribution in [3.63, 3.8) is 0 Å². The number of rotatable bonds is 13. The van der Waals surface area contributed by atoms with Crippen LogP contribution in [0.4, 0.5) is 11.4 Å². The van der Waals surface area contributed by atoms with Gasteiger partial charge in [0.2, 0.25) is 11.8 Å². The number of nitrogens with one attached hydrogen (secondary N) is 1. The van der Waals surface area contributed by atoms with E-state index in [0.29, 0.717) is 10.6 Å². The number of carbonyl (C=O) groups excluding carboxylic acids is 2. The number of carbonyl (C=O) groups is 2. The fourth-order valence-corrected chi connectivity index (χ4v) is 7.66. The lowest BCUT2D eigenvalue weighted by molar-refractivity contribution is -0.384. The Hall–Kier alpha value is -4.45. The summed E-state index contributed by atoms with van der Waals surface area (Å²) in [6.45, 7) is -0.899. The van der Waals surface area contributed by atoms with Crippen LogP contribution >= 0.6 is 23.2 Å². The first-order chi connectivity index (χ1) is 23.0. The molecule has 1 fully saturated rings. The van der Waals surface area contributed by atoms with Gasteiger partial charge in [-0.1, -0.05) is 96.7 Å². The zero-order valence-corrected chi connectivity index (χ0v) is 28.2. The average molecular weight is 710 g/mol. The number of benzene rings is 4. The van der Waals surface area contributed by atoms with Crippen LogP contribution in [0.5, 0.6) is 0 Å². The highest BCUT2D eigenvalue weighted by atomic mass is 35.5. The molecule has 4 aromatic carbocycles. The van der Waals surface area contributed by atoms with E-state index in [-0.39, 0.29) is 46.2 Å². The minimum Gasteiger partial charge on any atom is -0.352 e. The van der Waals surface area contributed by atoms with Gasteiger partial charge in [0.1, 0.15) is 12.6 Å². The van der Waals surface area contributed by atoms with Crippen molar-refractivity contribution in [2.45, 2.75) is 55.6 Å². The Kier molecular flexibility index (Phi) is 11.4. The Morgan fingerprint density at radius 1 is 0.896 bits per heavy atom. The Bertz CT molecular complexity index is 1870. The summed E-state index contributed by atoms with van der Waals surface area (Å²) < 4.78 is 29.1. The fraction of sp³-hybridized carbons (Fsp3) is 0.257. The molecule has 1 atom stereocenters. The van der Waals surface area contributed by atoms with E-state index in [1.165, 1.54) is 41.3 Å². The van der Waals surface area contributed by atoms with E-state index >= 15 is 0 Å². The van der Waals surface area contributed by atoms with Crippen LogP contribution in [0, 0.1) is 10.1 Å². The number of nitro groups is 1.